The number of halogens is 1. The predicted octanol–water partition coefficient (Wildman–Crippen LogP) is 6.43. The van der Waals surface area contributed by atoms with Crippen molar-refractivity contribution in [3.8, 4) is 5.75 Å². The van der Waals surface area contributed by atoms with Gasteiger partial charge in [-0.3, -0.25) is 4.68 Å². The zero-order valence-corrected chi connectivity index (χ0v) is 25.1. The highest BCUT2D eigenvalue weighted by molar-refractivity contribution is 5.85. The van der Waals surface area contributed by atoms with Gasteiger partial charge in [-0.1, -0.05) is 78.9 Å². The summed E-state index contributed by atoms with van der Waals surface area (Å²) in [5, 5.41) is 10.5. The van der Waals surface area contributed by atoms with Crippen LogP contribution in [-0.4, -0.2) is 47.2 Å². The lowest BCUT2D eigenvalue weighted by atomic mass is 9.79. The van der Waals surface area contributed by atoms with Crippen molar-refractivity contribution in [2.45, 2.75) is 38.2 Å². The van der Waals surface area contributed by atoms with Crippen LogP contribution < -0.4 is 10.1 Å². The minimum absolute atomic E-state index is 0. The van der Waals surface area contributed by atoms with Crippen molar-refractivity contribution < 1.29 is 14.2 Å². The third kappa shape index (κ3) is 8.42. The molecule has 1 aliphatic rings. The number of nitrogens with one attached hydrogen (secondary N) is 1. The van der Waals surface area contributed by atoms with Crippen molar-refractivity contribution in [1.82, 2.24) is 20.1 Å². The molecule has 7 nitrogen and oxygen atoms in total. The zero-order valence-electron chi connectivity index (χ0n) is 24.3. The van der Waals surface area contributed by atoms with E-state index in [1.807, 2.05) is 22.9 Å². The van der Waals surface area contributed by atoms with Gasteiger partial charge in [0.05, 0.1) is 32.5 Å². The Morgan fingerprint density at radius 3 is 2.42 bits per heavy atom. The van der Waals surface area contributed by atoms with Gasteiger partial charge in [-0.15, -0.1) is 12.4 Å². The molecule has 0 spiro atoms. The molecule has 5 aromatic rings. The van der Waals surface area contributed by atoms with Gasteiger partial charge in [0.2, 0.25) is 0 Å². The maximum Gasteiger partial charge on any atom is 0.137 e. The second-order valence-electron chi connectivity index (χ2n) is 10.9. The van der Waals surface area contributed by atoms with Crippen LogP contribution in [0.25, 0.3) is 10.8 Å². The topological polar surface area (TPSA) is 70.4 Å². The van der Waals surface area contributed by atoms with E-state index in [9.17, 15) is 0 Å². The van der Waals surface area contributed by atoms with E-state index in [0.29, 0.717) is 32.3 Å². The molecule has 8 heteroatoms. The summed E-state index contributed by atoms with van der Waals surface area (Å²) in [6.45, 7) is 4.95. The molecule has 1 aliphatic heterocycles. The summed E-state index contributed by atoms with van der Waals surface area (Å²) in [5.41, 5.74) is 3.62. The van der Waals surface area contributed by atoms with Crippen molar-refractivity contribution in [3.63, 3.8) is 0 Å². The first-order valence-electron chi connectivity index (χ1n) is 14.8. The van der Waals surface area contributed by atoms with Gasteiger partial charge >= 0.3 is 0 Å². The highest BCUT2D eigenvalue weighted by Gasteiger charge is 2.35. The lowest BCUT2D eigenvalue weighted by molar-refractivity contribution is -0.00906. The zero-order chi connectivity index (χ0) is 28.4. The average Bonchev–Trinajstić information content (AvgIpc) is 3.56. The van der Waals surface area contributed by atoms with Crippen molar-refractivity contribution in [3.05, 3.63) is 126 Å². The van der Waals surface area contributed by atoms with E-state index in [1.54, 1.807) is 12.7 Å². The fourth-order valence-electron chi connectivity index (χ4n) is 5.80. The summed E-state index contributed by atoms with van der Waals surface area (Å²) < 4.78 is 20.4. The highest BCUT2D eigenvalue weighted by Crippen LogP contribution is 2.35. The molecule has 0 radical (unpaired) electrons. The quantitative estimate of drug-likeness (QED) is 0.158. The fourth-order valence-corrected chi connectivity index (χ4v) is 5.80. The molecule has 4 aromatic carbocycles. The molecule has 1 saturated heterocycles. The van der Waals surface area contributed by atoms with Crippen LogP contribution in [0.2, 0.25) is 0 Å². The molecular formula is C35H39ClN4O3. The third-order valence-corrected chi connectivity index (χ3v) is 7.90. The summed E-state index contributed by atoms with van der Waals surface area (Å²) in [6, 6.07) is 33.8. The minimum Gasteiger partial charge on any atom is -0.494 e. The number of hydrogen-bond acceptors (Lipinski definition) is 6. The largest absolute Gasteiger partial charge is 0.494 e. The molecule has 6 rings (SSSR count). The molecule has 1 aromatic heterocycles. The molecule has 0 bridgehead atoms. The molecule has 2 heterocycles. The number of benzene rings is 4. The van der Waals surface area contributed by atoms with Gasteiger partial charge in [0.1, 0.15) is 18.4 Å². The molecule has 0 saturated carbocycles. The maximum atomic E-state index is 6.65. The number of rotatable bonds is 13. The molecule has 1 fully saturated rings. The van der Waals surface area contributed by atoms with Crippen LogP contribution in [0.1, 0.15) is 29.0 Å². The van der Waals surface area contributed by atoms with Gasteiger partial charge in [-0.05, 0) is 45.7 Å². The van der Waals surface area contributed by atoms with Crippen molar-refractivity contribution >= 4 is 23.2 Å². The van der Waals surface area contributed by atoms with Gasteiger partial charge in [0.15, 0.2) is 0 Å². The van der Waals surface area contributed by atoms with Crippen molar-refractivity contribution in [1.29, 1.82) is 0 Å². The molecule has 224 valence electrons. The number of aromatic nitrogens is 3. The molecule has 3 atom stereocenters. The van der Waals surface area contributed by atoms with Crippen LogP contribution >= 0.6 is 12.4 Å². The molecule has 0 amide bonds. The van der Waals surface area contributed by atoms with E-state index in [-0.39, 0.29) is 24.4 Å². The van der Waals surface area contributed by atoms with Crippen molar-refractivity contribution in [2.24, 2.45) is 5.92 Å². The monoisotopic (exact) mass is 598 g/mol. The minimum atomic E-state index is 0. The fraction of sp³-hybridized carbons (Fsp3) is 0.314. The smallest absolute Gasteiger partial charge is 0.137 e. The van der Waals surface area contributed by atoms with Gasteiger partial charge in [0, 0.05) is 37.9 Å². The Hall–Kier alpha value is -3.75. The number of ether oxygens (including phenoxy) is 3. The Labute approximate surface area is 259 Å². The second-order valence-corrected chi connectivity index (χ2v) is 10.9. The van der Waals surface area contributed by atoms with Crippen LogP contribution in [0.15, 0.2) is 110 Å². The average molecular weight is 599 g/mol. The number of hydrogen-bond donors (Lipinski definition) is 1. The summed E-state index contributed by atoms with van der Waals surface area (Å²) in [4.78, 5) is 4.15. The Balaban J connectivity index is 0.00000368. The summed E-state index contributed by atoms with van der Waals surface area (Å²) in [7, 11) is 0. The Morgan fingerprint density at radius 2 is 1.60 bits per heavy atom. The SMILES string of the molecule is Cl.c1ccc(COCCCOc2ccc(C3C(Cn4cncn4)CNCC3OCc3ccc4ccccc4c3)cc2)cc1. The van der Waals surface area contributed by atoms with Crippen LogP contribution in [-0.2, 0) is 29.2 Å². The Morgan fingerprint density at radius 1 is 0.791 bits per heavy atom. The van der Waals surface area contributed by atoms with Crippen LogP contribution in [0.3, 0.4) is 0 Å². The van der Waals surface area contributed by atoms with E-state index < -0.39 is 0 Å². The first-order valence-corrected chi connectivity index (χ1v) is 14.8. The normalized spacial score (nSPS) is 18.3. The van der Waals surface area contributed by atoms with Crippen molar-refractivity contribution in [2.75, 3.05) is 26.3 Å². The second kappa shape index (κ2) is 15.6. The van der Waals surface area contributed by atoms with Gasteiger partial charge in [-0.25, -0.2) is 4.98 Å². The lowest BCUT2D eigenvalue weighted by Gasteiger charge is -2.39. The molecular weight excluding hydrogens is 560 g/mol. The Kier molecular flexibility index (Phi) is 11.2. The first-order chi connectivity index (χ1) is 20.8. The van der Waals surface area contributed by atoms with Crippen LogP contribution in [0.4, 0.5) is 0 Å². The number of fused-ring (bicyclic) bond motifs is 1. The highest BCUT2D eigenvalue weighted by atomic mass is 35.5. The first kappa shape index (κ1) is 30.7. The van der Waals surface area contributed by atoms with E-state index >= 15 is 0 Å². The summed E-state index contributed by atoms with van der Waals surface area (Å²) in [6.07, 6.45) is 4.25. The molecule has 1 N–H and O–H groups in total. The van der Waals surface area contributed by atoms with Crippen LogP contribution in [0, 0.1) is 5.92 Å². The summed E-state index contributed by atoms with van der Waals surface area (Å²) in [5.74, 6) is 1.38. The number of nitrogens with zero attached hydrogens (tertiary/aromatic N) is 3. The Bertz CT molecular complexity index is 1520. The van der Waals surface area contributed by atoms with Gasteiger partial charge < -0.3 is 19.5 Å². The van der Waals surface area contributed by atoms with E-state index in [2.05, 4.69) is 94.3 Å². The number of piperidine rings is 1. The molecule has 43 heavy (non-hydrogen) atoms. The predicted molar refractivity (Wildman–Crippen MR) is 172 cm³/mol. The van der Waals surface area contributed by atoms with Gasteiger partial charge in [-0.2, -0.15) is 5.10 Å². The maximum absolute atomic E-state index is 6.65. The summed E-state index contributed by atoms with van der Waals surface area (Å²) >= 11 is 0. The van der Waals surface area contributed by atoms with E-state index in [0.717, 1.165) is 31.8 Å². The van der Waals surface area contributed by atoms with E-state index in [4.69, 9.17) is 14.2 Å². The third-order valence-electron chi connectivity index (χ3n) is 7.90. The standard InChI is InChI=1S/C35H38N4O3.ClH/c1-2-7-27(8-3-1)23-40-17-6-18-41-33-15-13-30(14-16-33)35-32(22-39-26-37-25-38-39)20-36-21-34(35)42-24-28-11-12-29-9-4-5-10-31(29)19-28;/h1-5,7-16,19,25-26,32,34-36H,6,17-18,20-24H2;1H. The molecule has 3 unspecified atom stereocenters. The van der Waals surface area contributed by atoms with E-state index in [1.165, 1.54) is 27.5 Å². The van der Waals surface area contributed by atoms with Gasteiger partial charge in [0.25, 0.3) is 0 Å². The van der Waals surface area contributed by atoms with Crippen LogP contribution in [0.5, 0.6) is 5.75 Å². The lowest BCUT2D eigenvalue weighted by Crippen LogP contribution is -2.48. The molecule has 0 aliphatic carbocycles.